The van der Waals surface area contributed by atoms with Gasteiger partial charge in [-0.15, -0.1) is 0 Å². The van der Waals surface area contributed by atoms with E-state index in [4.69, 9.17) is 14.5 Å². The van der Waals surface area contributed by atoms with Crippen LogP contribution in [-0.4, -0.2) is 47.6 Å². The number of piperidine rings is 1. The van der Waals surface area contributed by atoms with E-state index in [1.165, 1.54) is 48.8 Å². The molecule has 0 aliphatic carbocycles. The van der Waals surface area contributed by atoms with E-state index in [1.807, 2.05) is 25.1 Å². The van der Waals surface area contributed by atoms with Crippen LogP contribution in [0.1, 0.15) is 37.3 Å². The number of carbonyl (C=O) groups excluding carboxylic acids is 1. The van der Waals surface area contributed by atoms with Crippen molar-refractivity contribution in [2.24, 2.45) is 4.99 Å². The molecule has 0 radical (unpaired) electrons. The third-order valence-electron chi connectivity index (χ3n) is 7.11. The van der Waals surface area contributed by atoms with Crippen LogP contribution in [0.4, 0.5) is 17.1 Å². The highest BCUT2D eigenvalue weighted by molar-refractivity contribution is 9.10. The second-order valence-corrected chi connectivity index (χ2v) is 11.7. The normalized spacial score (nSPS) is 17.3. The number of methoxy groups -OCH3 is 1. The summed E-state index contributed by atoms with van der Waals surface area (Å²) in [6.07, 6.45) is 5.57. The number of nitro benzene ring substituents is 1. The Labute approximate surface area is 257 Å². The van der Waals surface area contributed by atoms with E-state index >= 15 is 0 Å². The molecule has 0 saturated carbocycles. The van der Waals surface area contributed by atoms with Crippen molar-refractivity contribution >= 4 is 61.9 Å². The Morgan fingerprint density at radius 1 is 1.05 bits per heavy atom. The van der Waals surface area contributed by atoms with E-state index in [9.17, 15) is 14.9 Å². The average molecular weight is 652 g/mol. The zero-order valence-corrected chi connectivity index (χ0v) is 25.8. The number of carbonyl (C=O) groups is 1. The molecule has 218 valence electrons. The number of amidine groups is 1. The number of anilines is 1. The van der Waals surface area contributed by atoms with Crippen LogP contribution < -0.4 is 14.4 Å². The number of benzene rings is 3. The molecule has 11 heteroatoms. The predicted molar refractivity (Wildman–Crippen MR) is 171 cm³/mol. The van der Waals surface area contributed by atoms with Gasteiger partial charge in [0, 0.05) is 41.9 Å². The maximum Gasteiger partial charge on any atom is 0.269 e. The second-order valence-electron chi connectivity index (χ2n) is 9.86. The molecular formula is C31H31BrN4O5S. The first-order valence-corrected chi connectivity index (χ1v) is 15.4. The van der Waals surface area contributed by atoms with E-state index in [0.29, 0.717) is 28.1 Å². The molecule has 0 unspecified atom stereocenters. The first-order chi connectivity index (χ1) is 20.4. The predicted octanol–water partition coefficient (Wildman–Crippen LogP) is 7.56. The third-order valence-corrected chi connectivity index (χ3v) is 8.80. The van der Waals surface area contributed by atoms with E-state index in [2.05, 4.69) is 33.0 Å². The van der Waals surface area contributed by atoms with Crippen molar-refractivity contribution in [2.45, 2.75) is 32.8 Å². The molecule has 0 bridgehead atoms. The summed E-state index contributed by atoms with van der Waals surface area (Å²) in [5.41, 5.74) is 3.58. The monoisotopic (exact) mass is 650 g/mol. The quantitative estimate of drug-likeness (QED) is 0.134. The summed E-state index contributed by atoms with van der Waals surface area (Å²) >= 11 is 4.95. The lowest BCUT2D eigenvalue weighted by atomic mass is 10.1. The van der Waals surface area contributed by atoms with Crippen LogP contribution in [0.3, 0.4) is 0 Å². The number of hydrogen-bond acceptors (Lipinski definition) is 8. The molecule has 2 aliphatic heterocycles. The van der Waals surface area contributed by atoms with E-state index in [-0.39, 0.29) is 18.2 Å². The largest absolute Gasteiger partial charge is 0.493 e. The minimum Gasteiger partial charge on any atom is -0.493 e. The van der Waals surface area contributed by atoms with Crippen LogP contribution >= 0.6 is 27.7 Å². The van der Waals surface area contributed by atoms with Crippen molar-refractivity contribution < 1.29 is 19.2 Å². The molecule has 0 aromatic heterocycles. The Morgan fingerprint density at radius 3 is 2.40 bits per heavy atom. The summed E-state index contributed by atoms with van der Waals surface area (Å²) in [6, 6.07) is 18.0. The fourth-order valence-electron chi connectivity index (χ4n) is 4.82. The highest BCUT2D eigenvalue weighted by atomic mass is 79.9. The summed E-state index contributed by atoms with van der Waals surface area (Å²) in [6.45, 7) is 4.83. The lowest BCUT2D eigenvalue weighted by Crippen LogP contribution is -2.29. The van der Waals surface area contributed by atoms with Gasteiger partial charge < -0.3 is 14.4 Å². The van der Waals surface area contributed by atoms with Crippen molar-refractivity contribution in [3.05, 3.63) is 91.3 Å². The summed E-state index contributed by atoms with van der Waals surface area (Å²) in [7, 11) is 1.55. The van der Waals surface area contributed by atoms with Gasteiger partial charge in [0.25, 0.3) is 11.6 Å². The molecule has 3 aromatic carbocycles. The first-order valence-electron chi connectivity index (χ1n) is 13.7. The summed E-state index contributed by atoms with van der Waals surface area (Å²) in [5.74, 6) is 0.897. The number of rotatable bonds is 9. The molecule has 2 aliphatic rings. The minimum atomic E-state index is -0.437. The number of nitro groups is 1. The highest BCUT2D eigenvalue weighted by Crippen LogP contribution is 2.39. The summed E-state index contributed by atoms with van der Waals surface area (Å²) in [4.78, 5) is 33.2. The van der Waals surface area contributed by atoms with Crippen molar-refractivity contribution in [1.82, 2.24) is 4.90 Å². The third kappa shape index (κ3) is 6.79. The standard InChI is InChI=1S/C31H31BrN4O5S/c1-3-35-30(37)29(42-31(35)33-23-9-13-24(14-10-23)34-15-5-4-6-16-34)18-22-17-27(40-2)28(19-26(22)32)41-20-21-7-11-25(12-8-21)36(38)39/h7-14,17-19H,3-6,15-16,20H2,1-2H3/b29-18-,33-31?. The van der Waals surface area contributed by atoms with Gasteiger partial charge in [0.1, 0.15) is 6.61 Å². The molecule has 42 heavy (non-hydrogen) atoms. The van der Waals surface area contributed by atoms with Crippen molar-refractivity contribution in [2.75, 3.05) is 31.6 Å². The Bertz CT molecular complexity index is 1520. The molecule has 5 rings (SSSR count). The lowest BCUT2D eigenvalue weighted by molar-refractivity contribution is -0.384. The van der Waals surface area contributed by atoms with Gasteiger partial charge in [0.2, 0.25) is 0 Å². The first kappa shape index (κ1) is 29.7. The Morgan fingerprint density at radius 2 is 1.76 bits per heavy atom. The molecule has 3 aromatic rings. The number of amides is 1. The Balaban J connectivity index is 1.32. The number of aliphatic imine (C=N–C) groups is 1. The average Bonchev–Trinajstić information content (AvgIpc) is 3.30. The van der Waals surface area contributed by atoms with Crippen molar-refractivity contribution in [3.8, 4) is 11.5 Å². The van der Waals surface area contributed by atoms with Crippen LogP contribution in [0.2, 0.25) is 0 Å². The fraction of sp³-hybridized carbons (Fsp3) is 0.290. The summed E-state index contributed by atoms with van der Waals surface area (Å²) < 4.78 is 12.3. The van der Waals surface area contributed by atoms with Crippen LogP contribution in [0.5, 0.6) is 11.5 Å². The van der Waals surface area contributed by atoms with Gasteiger partial charge in [0.05, 0.1) is 22.6 Å². The van der Waals surface area contributed by atoms with Crippen LogP contribution in [0.25, 0.3) is 6.08 Å². The molecule has 2 heterocycles. The van der Waals surface area contributed by atoms with E-state index in [0.717, 1.165) is 34.4 Å². The molecule has 1 amide bonds. The van der Waals surface area contributed by atoms with Crippen LogP contribution in [0.15, 0.2) is 75.0 Å². The summed E-state index contributed by atoms with van der Waals surface area (Å²) in [5, 5.41) is 11.5. The number of halogens is 1. The lowest BCUT2D eigenvalue weighted by Gasteiger charge is -2.28. The number of thioether (sulfide) groups is 1. The number of nitrogens with zero attached hydrogens (tertiary/aromatic N) is 4. The van der Waals surface area contributed by atoms with Gasteiger partial charge in [-0.3, -0.25) is 19.8 Å². The highest BCUT2D eigenvalue weighted by Gasteiger charge is 2.32. The van der Waals surface area contributed by atoms with Crippen molar-refractivity contribution in [3.63, 3.8) is 0 Å². The number of likely N-dealkylation sites (N-methyl/N-ethyl adjacent to an activating group) is 1. The molecule has 9 nitrogen and oxygen atoms in total. The zero-order valence-electron chi connectivity index (χ0n) is 23.4. The topological polar surface area (TPSA) is 97.5 Å². The van der Waals surface area contributed by atoms with Crippen LogP contribution in [-0.2, 0) is 11.4 Å². The number of ether oxygens (including phenoxy) is 2. The van der Waals surface area contributed by atoms with Crippen LogP contribution in [0, 0.1) is 10.1 Å². The van der Waals surface area contributed by atoms with Crippen molar-refractivity contribution in [1.29, 1.82) is 0 Å². The van der Waals surface area contributed by atoms with Gasteiger partial charge >= 0.3 is 0 Å². The van der Waals surface area contributed by atoms with Gasteiger partial charge in [-0.05, 0) is 104 Å². The fourth-order valence-corrected chi connectivity index (χ4v) is 6.31. The zero-order chi connectivity index (χ0) is 29.6. The SMILES string of the molecule is CCN1C(=O)/C(=C/c2cc(OC)c(OCc3ccc([N+](=O)[O-])cc3)cc2Br)SC1=Nc1ccc(N2CCCCC2)cc1. The number of hydrogen-bond donors (Lipinski definition) is 0. The minimum absolute atomic E-state index is 0.0244. The smallest absolute Gasteiger partial charge is 0.269 e. The second kappa shape index (κ2) is 13.4. The molecule has 0 atom stereocenters. The molecule has 2 saturated heterocycles. The Kier molecular flexibility index (Phi) is 9.48. The van der Waals surface area contributed by atoms with Gasteiger partial charge in [-0.1, -0.05) is 15.9 Å². The van der Waals surface area contributed by atoms with Gasteiger partial charge in [0.15, 0.2) is 16.7 Å². The van der Waals surface area contributed by atoms with E-state index in [1.54, 1.807) is 36.3 Å². The molecule has 2 fully saturated rings. The van der Waals surface area contributed by atoms with Gasteiger partial charge in [-0.25, -0.2) is 4.99 Å². The van der Waals surface area contributed by atoms with Gasteiger partial charge in [-0.2, -0.15) is 0 Å². The number of non-ortho nitro benzene ring substituents is 1. The molecule has 0 spiro atoms. The molecular weight excluding hydrogens is 620 g/mol. The maximum atomic E-state index is 13.3. The van der Waals surface area contributed by atoms with E-state index < -0.39 is 4.92 Å². The maximum absolute atomic E-state index is 13.3. The Hall–Kier alpha value is -3.83. The molecule has 0 N–H and O–H groups in total.